The van der Waals surface area contributed by atoms with Crippen molar-refractivity contribution in [1.82, 2.24) is 0 Å². The van der Waals surface area contributed by atoms with Gasteiger partial charge >= 0.3 is 36.2 Å². The van der Waals surface area contributed by atoms with Gasteiger partial charge in [0.05, 0.1) is 22.3 Å². The van der Waals surface area contributed by atoms with Crippen LogP contribution in [0, 0.1) is 27.7 Å². The fraction of sp³-hybridized carbons (Fsp3) is 0.200. The van der Waals surface area contributed by atoms with E-state index in [0.29, 0.717) is 24.3 Å². The van der Waals surface area contributed by atoms with Crippen LogP contribution in [-0.2, 0) is 5.41 Å². The second-order valence-corrected chi connectivity index (χ2v) is 11.5. The predicted octanol–water partition coefficient (Wildman–Crippen LogP) is 8.71. The molecule has 0 unspecified atom stereocenters. The largest absolute Gasteiger partial charge is 0.478 e. The van der Waals surface area contributed by atoms with Gasteiger partial charge in [-0.3, -0.25) is 0 Å². The summed E-state index contributed by atoms with van der Waals surface area (Å²) in [5.74, 6) is -7.26. The Labute approximate surface area is 284 Å². The molecular weight excluding hydrogens is 694 g/mol. The summed E-state index contributed by atoms with van der Waals surface area (Å²) < 4.78 is 102. The van der Waals surface area contributed by atoms with Gasteiger partial charge in [0.15, 0.2) is 0 Å². The highest BCUT2D eigenvalue weighted by atomic mass is 19.4. The first-order chi connectivity index (χ1) is 23.5. The van der Waals surface area contributed by atoms with Crippen LogP contribution in [0.25, 0.3) is 0 Å². The average Bonchev–Trinajstić information content (AvgIpc) is 2.99. The number of aromatic carboxylic acids is 4. The molecule has 0 bridgehead atoms. The Morgan fingerprint density at radius 3 is 0.980 bits per heavy atom. The number of halogens is 6. The molecule has 51 heavy (non-hydrogen) atoms. The Morgan fingerprint density at radius 1 is 0.471 bits per heavy atom. The zero-order chi connectivity index (χ0) is 38.4. The molecule has 0 saturated carbocycles. The van der Waals surface area contributed by atoms with E-state index in [0.717, 1.165) is 36.4 Å². The van der Waals surface area contributed by atoms with Crippen molar-refractivity contribution in [2.24, 2.45) is 0 Å². The number of carboxylic acids is 4. The van der Waals surface area contributed by atoms with E-state index in [-0.39, 0.29) is 45.3 Å². The molecular formula is C35H26F6O10. The van der Waals surface area contributed by atoms with Crippen LogP contribution >= 0.6 is 0 Å². The van der Waals surface area contributed by atoms with Gasteiger partial charge in [-0.1, -0.05) is 24.3 Å². The molecule has 4 aromatic rings. The van der Waals surface area contributed by atoms with Gasteiger partial charge in [0.1, 0.15) is 23.0 Å². The first-order valence-corrected chi connectivity index (χ1v) is 14.4. The van der Waals surface area contributed by atoms with Crippen LogP contribution in [0.2, 0.25) is 0 Å². The van der Waals surface area contributed by atoms with Gasteiger partial charge in [0.25, 0.3) is 0 Å². The fourth-order valence-corrected chi connectivity index (χ4v) is 5.77. The van der Waals surface area contributed by atoms with Gasteiger partial charge in [-0.05, 0) is 97.5 Å². The third-order valence-corrected chi connectivity index (χ3v) is 7.98. The Hall–Kier alpha value is -6.06. The SMILES string of the molecule is Cc1cc(C(c2cc(C)c(Oc3ccc(C(=O)O)c(C(=O)O)c3)c(C)c2)(C(F)(F)F)C(F)(F)F)cc(C)c1Oc1ccc(C(=O)O)c(C(=O)O)c1. The lowest BCUT2D eigenvalue weighted by Gasteiger charge is -2.39. The van der Waals surface area contributed by atoms with E-state index in [1.54, 1.807) is 0 Å². The van der Waals surface area contributed by atoms with Crippen molar-refractivity contribution in [1.29, 1.82) is 0 Å². The molecule has 4 aromatic carbocycles. The highest BCUT2D eigenvalue weighted by Gasteiger charge is 2.72. The van der Waals surface area contributed by atoms with Crippen LogP contribution in [0.4, 0.5) is 26.3 Å². The van der Waals surface area contributed by atoms with Crippen molar-refractivity contribution in [2.45, 2.75) is 45.5 Å². The molecule has 0 heterocycles. The van der Waals surface area contributed by atoms with E-state index in [1.807, 2.05) is 0 Å². The van der Waals surface area contributed by atoms with E-state index in [2.05, 4.69) is 0 Å². The van der Waals surface area contributed by atoms with Crippen molar-refractivity contribution in [3.05, 3.63) is 116 Å². The second-order valence-electron chi connectivity index (χ2n) is 11.5. The summed E-state index contributed by atoms with van der Waals surface area (Å²) >= 11 is 0. The minimum absolute atomic E-state index is 0.200. The Morgan fingerprint density at radius 2 is 0.745 bits per heavy atom. The van der Waals surface area contributed by atoms with Crippen molar-refractivity contribution in [2.75, 3.05) is 0 Å². The molecule has 268 valence electrons. The molecule has 4 rings (SSSR count). The number of hydrogen-bond acceptors (Lipinski definition) is 6. The first-order valence-electron chi connectivity index (χ1n) is 14.4. The maximum atomic E-state index is 15.1. The average molecular weight is 721 g/mol. The molecule has 0 aliphatic heterocycles. The third kappa shape index (κ3) is 6.89. The van der Waals surface area contributed by atoms with E-state index in [9.17, 15) is 39.6 Å². The highest BCUT2D eigenvalue weighted by Crippen LogP contribution is 2.57. The van der Waals surface area contributed by atoms with E-state index < -0.39 is 75.0 Å². The van der Waals surface area contributed by atoms with Crippen LogP contribution in [0.1, 0.15) is 74.8 Å². The Bertz CT molecular complexity index is 1900. The maximum absolute atomic E-state index is 15.1. The minimum atomic E-state index is -5.99. The lowest BCUT2D eigenvalue weighted by atomic mass is 9.71. The number of ether oxygens (including phenoxy) is 2. The predicted molar refractivity (Wildman–Crippen MR) is 166 cm³/mol. The van der Waals surface area contributed by atoms with Crippen molar-refractivity contribution in [3.63, 3.8) is 0 Å². The molecule has 4 N–H and O–H groups in total. The number of alkyl halides is 6. The van der Waals surface area contributed by atoms with E-state index >= 15 is 26.3 Å². The minimum Gasteiger partial charge on any atom is -0.478 e. The number of hydrogen-bond donors (Lipinski definition) is 4. The van der Waals surface area contributed by atoms with E-state index in [4.69, 9.17) is 9.47 Å². The summed E-state index contributed by atoms with van der Waals surface area (Å²) in [5, 5.41) is 37.3. The zero-order valence-corrected chi connectivity index (χ0v) is 26.8. The monoisotopic (exact) mass is 720 g/mol. The molecule has 0 fully saturated rings. The molecule has 16 heteroatoms. The molecule has 0 aromatic heterocycles. The molecule has 0 amide bonds. The first kappa shape index (κ1) is 37.8. The third-order valence-electron chi connectivity index (χ3n) is 7.98. The lowest BCUT2D eigenvalue weighted by Crippen LogP contribution is -2.55. The Kier molecular flexibility index (Phi) is 9.87. The molecule has 0 saturated heterocycles. The summed E-state index contributed by atoms with van der Waals surface area (Å²) in [6.45, 7) is 4.73. The quantitative estimate of drug-likeness (QED) is 0.116. The molecule has 0 aliphatic carbocycles. The lowest BCUT2D eigenvalue weighted by molar-refractivity contribution is -0.288. The summed E-state index contributed by atoms with van der Waals surface area (Å²) in [5.41, 5.74) is -10.4. The summed E-state index contributed by atoms with van der Waals surface area (Å²) in [6, 6.07) is 8.27. The smallest absolute Gasteiger partial charge is 0.411 e. The number of rotatable bonds is 10. The number of benzene rings is 4. The van der Waals surface area contributed by atoms with Crippen LogP contribution in [0.3, 0.4) is 0 Å². The molecule has 0 radical (unpaired) electrons. The van der Waals surface area contributed by atoms with Gasteiger partial charge in [-0.2, -0.15) is 26.3 Å². The van der Waals surface area contributed by atoms with Gasteiger partial charge in [-0.15, -0.1) is 0 Å². The van der Waals surface area contributed by atoms with Crippen molar-refractivity contribution in [3.8, 4) is 23.0 Å². The van der Waals surface area contributed by atoms with Crippen molar-refractivity contribution < 1.29 is 75.4 Å². The standard InChI is InChI=1S/C35H26F6O10/c1-15-9-19(10-16(2)27(15)50-21-5-7-23(29(42)43)25(13-21)31(46)47)33(34(36,37)38,35(39,40)41)20-11-17(3)28(18(4)12-20)51-22-6-8-24(30(44)45)26(14-22)32(48)49/h5-14H,1-4H3,(H,42,43)(H,44,45)(H,46,47)(H,48,49). The van der Waals surface area contributed by atoms with Crippen LogP contribution in [0.15, 0.2) is 60.7 Å². The molecule has 0 spiro atoms. The van der Waals surface area contributed by atoms with Gasteiger partial charge in [-0.25, -0.2) is 19.2 Å². The second kappa shape index (κ2) is 13.3. The normalized spacial score (nSPS) is 12.0. The number of aryl methyl sites for hydroxylation is 4. The number of carboxylic acid groups (broad SMARTS) is 4. The van der Waals surface area contributed by atoms with Gasteiger partial charge in [0.2, 0.25) is 5.41 Å². The van der Waals surface area contributed by atoms with Crippen LogP contribution < -0.4 is 9.47 Å². The highest BCUT2D eigenvalue weighted by molar-refractivity contribution is 6.02. The maximum Gasteiger partial charge on any atom is 0.411 e. The summed E-state index contributed by atoms with van der Waals surface area (Å²) in [4.78, 5) is 46.0. The Balaban J connectivity index is 1.87. The van der Waals surface area contributed by atoms with Crippen LogP contribution in [-0.4, -0.2) is 56.7 Å². The molecule has 10 nitrogen and oxygen atoms in total. The van der Waals surface area contributed by atoms with Gasteiger partial charge in [0, 0.05) is 0 Å². The van der Waals surface area contributed by atoms with Gasteiger partial charge < -0.3 is 29.9 Å². The topological polar surface area (TPSA) is 168 Å². The van der Waals surface area contributed by atoms with Crippen LogP contribution in [0.5, 0.6) is 23.0 Å². The zero-order valence-electron chi connectivity index (χ0n) is 26.8. The summed E-state index contributed by atoms with van der Waals surface area (Å²) in [6.07, 6.45) is -12.0. The summed E-state index contributed by atoms with van der Waals surface area (Å²) in [7, 11) is 0. The number of carbonyl (C=O) groups is 4. The van der Waals surface area contributed by atoms with E-state index in [1.165, 1.54) is 27.7 Å². The molecule has 0 aliphatic rings. The molecule has 0 atom stereocenters. The van der Waals surface area contributed by atoms with Crippen molar-refractivity contribution >= 4 is 23.9 Å². The fourth-order valence-electron chi connectivity index (χ4n) is 5.77.